The van der Waals surface area contributed by atoms with Crippen LogP contribution in [0.25, 0.3) is 0 Å². The summed E-state index contributed by atoms with van der Waals surface area (Å²) in [5.41, 5.74) is 10.8. The molecule has 0 saturated heterocycles. The Bertz CT molecular complexity index is 573. The molecule has 2 rings (SSSR count). The molecule has 0 spiro atoms. The highest BCUT2D eigenvalue weighted by Crippen LogP contribution is 2.20. The second-order valence-corrected chi connectivity index (χ2v) is 4.63. The third kappa shape index (κ3) is 2.32. The van der Waals surface area contributed by atoms with Gasteiger partial charge in [-0.05, 0) is 39.3 Å². The summed E-state index contributed by atoms with van der Waals surface area (Å²) in [6, 6.07) is 6.13. The number of anilines is 1. The molecule has 18 heavy (non-hydrogen) atoms. The van der Waals surface area contributed by atoms with Crippen molar-refractivity contribution >= 4 is 5.69 Å². The van der Waals surface area contributed by atoms with E-state index in [2.05, 4.69) is 18.1 Å². The topological polar surface area (TPSA) is 53.1 Å². The summed E-state index contributed by atoms with van der Waals surface area (Å²) in [7, 11) is 0. The number of benzene rings is 1. The van der Waals surface area contributed by atoms with E-state index in [-0.39, 0.29) is 0 Å². The highest BCUT2D eigenvalue weighted by molar-refractivity contribution is 5.46. The van der Waals surface area contributed by atoms with Crippen LogP contribution >= 0.6 is 0 Å². The van der Waals surface area contributed by atoms with E-state index < -0.39 is 0 Å². The third-order valence-electron chi connectivity index (χ3n) is 3.11. The average Bonchev–Trinajstić information content (AvgIpc) is 2.56. The minimum absolute atomic E-state index is 0.383. The summed E-state index contributed by atoms with van der Waals surface area (Å²) < 4.78 is 7.55. The van der Waals surface area contributed by atoms with Crippen LogP contribution in [-0.4, -0.2) is 9.78 Å². The molecule has 0 fully saturated rings. The van der Waals surface area contributed by atoms with E-state index in [0.717, 1.165) is 28.4 Å². The Morgan fingerprint density at radius 3 is 2.50 bits per heavy atom. The van der Waals surface area contributed by atoms with Crippen LogP contribution in [0.2, 0.25) is 0 Å². The lowest BCUT2D eigenvalue weighted by Crippen LogP contribution is -2.09. The lowest BCUT2D eigenvalue weighted by atomic mass is 10.1. The minimum atomic E-state index is 0.383. The number of ether oxygens (including phenoxy) is 1. The van der Waals surface area contributed by atoms with Crippen molar-refractivity contribution in [3.05, 3.63) is 40.7 Å². The third-order valence-corrected chi connectivity index (χ3v) is 3.11. The van der Waals surface area contributed by atoms with Gasteiger partial charge in [0, 0.05) is 0 Å². The van der Waals surface area contributed by atoms with Gasteiger partial charge in [0.25, 0.3) is 0 Å². The molecule has 1 aromatic heterocycles. The largest absolute Gasteiger partial charge is 0.471 e. The molecule has 4 nitrogen and oxygen atoms in total. The van der Waals surface area contributed by atoms with Gasteiger partial charge in [-0.25, -0.2) is 4.68 Å². The van der Waals surface area contributed by atoms with Crippen molar-refractivity contribution in [2.75, 3.05) is 5.73 Å². The number of aryl methyl sites for hydroxylation is 3. The lowest BCUT2D eigenvalue weighted by Gasteiger charge is -2.10. The first-order valence-corrected chi connectivity index (χ1v) is 5.98. The number of nitrogens with zero attached hydrogens (tertiary/aromatic N) is 2. The Kier molecular flexibility index (Phi) is 3.28. The maximum absolute atomic E-state index is 5.88. The van der Waals surface area contributed by atoms with E-state index in [1.165, 1.54) is 5.56 Å². The van der Waals surface area contributed by atoms with E-state index in [9.17, 15) is 0 Å². The summed E-state index contributed by atoms with van der Waals surface area (Å²) in [6.45, 7) is 8.33. The average molecular weight is 245 g/mol. The van der Waals surface area contributed by atoms with Gasteiger partial charge in [0.1, 0.15) is 5.75 Å². The fourth-order valence-corrected chi connectivity index (χ4v) is 1.93. The van der Waals surface area contributed by atoms with Crippen molar-refractivity contribution in [3.8, 4) is 5.75 Å². The van der Waals surface area contributed by atoms with E-state index >= 15 is 0 Å². The van der Waals surface area contributed by atoms with Gasteiger partial charge in [-0.3, -0.25) is 0 Å². The van der Waals surface area contributed by atoms with Crippen molar-refractivity contribution in [2.45, 2.75) is 34.4 Å². The molecule has 0 bridgehead atoms. The second-order valence-electron chi connectivity index (χ2n) is 4.63. The van der Waals surface area contributed by atoms with Crippen molar-refractivity contribution < 1.29 is 4.74 Å². The molecule has 0 aliphatic carbocycles. The smallest absolute Gasteiger partial charge is 0.181 e. The highest BCUT2D eigenvalue weighted by Gasteiger charge is 2.08. The molecule has 0 amide bonds. The summed E-state index contributed by atoms with van der Waals surface area (Å²) >= 11 is 0. The summed E-state index contributed by atoms with van der Waals surface area (Å²) in [4.78, 5) is 0. The molecule has 1 aromatic carbocycles. The SMILES string of the molecule is Cc1ccc(OCn2nc(C)c(N)c2C)c(C)c1. The van der Waals surface area contributed by atoms with Gasteiger partial charge in [0.05, 0.1) is 17.1 Å². The molecule has 0 saturated carbocycles. The number of nitrogen functional groups attached to an aromatic ring is 1. The fourth-order valence-electron chi connectivity index (χ4n) is 1.93. The van der Waals surface area contributed by atoms with Gasteiger partial charge >= 0.3 is 0 Å². The first-order valence-electron chi connectivity index (χ1n) is 5.98. The quantitative estimate of drug-likeness (QED) is 0.904. The summed E-state index contributed by atoms with van der Waals surface area (Å²) in [5.74, 6) is 0.881. The molecule has 0 atom stereocenters. The Morgan fingerprint density at radius 2 is 1.94 bits per heavy atom. The van der Waals surface area contributed by atoms with E-state index in [0.29, 0.717) is 6.73 Å². The van der Waals surface area contributed by atoms with Gasteiger partial charge in [-0.2, -0.15) is 5.10 Å². The van der Waals surface area contributed by atoms with E-state index in [4.69, 9.17) is 10.5 Å². The Hall–Kier alpha value is -1.97. The Balaban J connectivity index is 2.14. The molecule has 0 unspecified atom stereocenters. The molecule has 96 valence electrons. The first-order chi connectivity index (χ1) is 8.49. The number of nitrogens with two attached hydrogens (primary N) is 1. The zero-order chi connectivity index (χ0) is 13.3. The van der Waals surface area contributed by atoms with Crippen LogP contribution in [0.15, 0.2) is 18.2 Å². The highest BCUT2D eigenvalue weighted by atomic mass is 16.5. The van der Waals surface area contributed by atoms with Crippen LogP contribution in [0.4, 0.5) is 5.69 Å². The summed E-state index contributed by atoms with van der Waals surface area (Å²) in [5, 5.41) is 4.34. The normalized spacial score (nSPS) is 10.7. The maximum Gasteiger partial charge on any atom is 0.181 e. The first kappa shape index (κ1) is 12.5. The summed E-state index contributed by atoms with van der Waals surface area (Å²) in [6.07, 6.45) is 0. The lowest BCUT2D eigenvalue weighted by molar-refractivity contribution is 0.216. The second kappa shape index (κ2) is 4.72. The molecule has 2 aromatic rings. The monoisotopic (exact) mass is 245 g/mol. The maximum atomic E-state index is 5.88. The molecule has 4 heteroatoms. The van der Waals surface area contributed by atoms with Crippen LogP contribution < -0.4 is 10.5 Å². The Morgan fingerprint density at radius 1 is 1.22 bits per heavy atom. The molecular weight excluding hydrogens is 226 g/mol. The van der Waals surface area contributed by atoms with E-state index in [1.807, 2.05) is 32.9 Å². The number of rotatable bonds is 3. The minimum Gasteiger partial charge on any atom is -0.471 e. The van der Waals surface area contributed by atoms with E-state index in [1.54, 1.807) is 4.68 Å². The number of hydrogen-bond donors (Lipinski definition) is 1. The predicted molar refractivity (Wildman–Crippen MR) is 72.7 cm³/mol. The van der Waals surface area contributed by atoms with Gasteiger partial charge in [-0.15, -0.1) is 0 Å². The fraction of sp³-hybridized carbons (Fsp3) is 0.357. The zero-order valence-electron chi connectivity index (χ0n) is 11.3. The Labute approximate surface area is 107 Å². The van der Waals surface area contributed by atoms with Crippen LogP contribution in [0.5, 0.6) is 5.75 Å². The molecule has 0 aliphatic heterocycles. The van der Waals surface area contributed by atoms with Gasteiger partial charge < -0.3 is 10.5 Å². The van der Waals surface area contributed by atoms with Crippen LogP contribution in [0.1, 0.15) is 22.5 Å². The number of hydrogen-bond acceptors (Lipinski definition) is 3. The van der Waals surface area contributed by atoms with Crippen molar-refractivity contribution in [2.24, 2.45) is 0 Å². The van der Waals surface area contributed by atoms with Crippen molar-refractivity contribution in [1.82, 2.24) is 9.78 Å². The van der Waals surface area contributed by atoms with Crippen molar-refractivity contribution in [1.29, 1.82) is 0 Å². The van der Waals surface area contributed by atoms with Crippen LogP contribution in [0.3, 0.4) is 0 Å². The molecule has 2 N–H and O–H groups in total. The molecule has 0 aliphatic rings. The molecule has 1 heterocycles. The number of aromatic nitrogens is 2. The molecule has 0 radical (unpaired) electrons. The zero-order valence-corrected chi connectivity index (χ0v) is 11.3. The van der Waals surface area contributed by atoms with Crippen LogP contribution in [-0.2, 0) is 6.73 Å². The van der Waals surface area contributed by atoms with Gasteiger partial charge in [0.15, 0.2) is 6.73 Å². The standard InChI is InChI=1S/C14H19N3O/c1-9-5-6-13(10(2)7-9)18-8-17-12(4)14(15)11(3)16-17/h5-7H,8,15H2,1-4H3. The van der Waals surface area contributed by atoms with Gasteiger partial charge in [-0.1, -0.05) is 17.7 Å². The molecular formula is C14H19N3O. The predicted octanol–water partition coefficient (Wildman–Crippen LogP) is 2.74. The van der Waals surface area contributed by atoms with Crippen LogP contribution in [0, 0.1) is 27.7 Å². The van der Waals surface area contributed by atoms with Gasteiger partial charge in [0.2, 0.25) is 0 Å². The van der Waals surface area contributed by atoms with Crippen molar-refractivity contribution in [3.63, 3.8) is 0 Å².